The minimum Gasteiger partial charge on any atom is -0.326 e. The maximum absolute atomic E-state index is 13.9. The molecule has 0 radical (unpaired) electrons. The normalized spacial score (nSPS) is 10.2. The van der Waals surface area contributed by atoms with Crippen LogP contribution in [0, 0.1) is 11.6 Å². The zero-order valence-electron chi connectivity index (χ0n) is 14.2. The summed E-state index contributed by atoms with van der Waals surface area (Å²) in [4.78, 5) is 35.8. The van der Waals surface area contributed by atoms with E-state index in [0.29, 0.717) is 17.4 Å². The molecule has 6 nitrogen and oxygen atoms in total. The lowest BCUT2D eigenvalue weighted by molar-refractivity contribution is -0.120. The average Bonchev–Trinajstić information content (AvgIpc) is 2.54. The molecule has 0 bridgehead atoms. The number of amides is 3. The highest BCUT2D eigenvalue weighted by atomic mass is 19.1. The first-order chi connectivity index (χ1) is 12.3. The van der Waals surface area contributed by atoms with Gasteiger partial charge in [-0.25, -0.2) is 8.78 Å². The van der Waals surface area contributed by atoms with Crippen LogP contribution >= 0.6 is 0 Å². The molecular weight excluding hydrogens is 344 g/mol. The third-order valence-corrected chi connectivity index (χ3v) is 3.37. The van der Waals surface area contributed by atoms with Gasteiger partial charge in [-0.3, -0.25) is 14.4 Å². The van der Waals surface area contributed by atoms with E-state index in [0.717, 1.165) is 17.0 Å². The van der Waals surface area contributed by atoms with E-state index in [1.54, 1.807) is 24.3 Å². The van der Waals surface area contributed by atoms with Crippen molar-refractivity contribution in [2.45, 2.75) is 13.8 Å². The van der Waals surface area contributed by atoms with Crippen LogP contribution < -0.4 is 15.5 Å². The molecule has 3 amide bonds. The number of hydrogen-bond donors (Lipinski definition) is 2. The first-order valence-corrected chi connectivity index (χ1v) is 7.67. The van der Waals surface area contributed by atoms with Gasteiger partial charge in [0.05, 0.1) is 5.69 Å². The van der Waals surface area contributed by atoms with Crippen molar-refractivity contribution in [1.29, 1.82) is 0 Å². The Bertz CT molecular complexity index is 838. The van der Waals surface area contributed by atoms with Gasteiger partial charge >= 0.3 is 0 Å². The number of anilines is 3. The minimum absolute atomic E-state index is 0.185. The van der Waals surface area contributed by atoms with E-state index in [1.165, 1.54) is 13.8 Å². The topological polar surface area (TPSA) is 78.5 Å². The third kappa shape index (κ3) is 5.10. The van der Waals surface area contributed by atoms with Crippen LogP contribution in [-0.4, -0.2) is 24.3 Å². The maximum atomic E-state index is 13.9. The van der Waals surface area contributed by atoms with Crippen molar-refractivity contribution in [2.24, 2.45) is 0 Å². The summed E-state index contributed by atoms with van der Waals surface area (Å²) in [6.07, 6.45) is 0. The fraction of sp³-hybridized carbons (Fsp3) is 0.167. The molecule has 0 aliphatic carbocycles. The van der Waals surface area contributed by atoms with E-state index in [-0.39, 0.29) is 11.6 Å². The molecule has 0 fully saturated rings. The van der Waals surface area contributed by atoms with Crippen molar-refractivity contribution in [3.63, 3.8) is 0 Å². The SMILES string of the molecule is CC(=O)Nc1ccc(NC(=O)CN(C(C)=O)c2ccc(F)cc2F)cc1. The Morgan fingerprint density at radius 3 is 2.00 bits per heavy atom. The van der Waals surface area contributed by atoms with Crippen LogP contribution in [0.3, 0.4) is 0 Å². The summed E-state index contributed by atoms with van der Waals surface area (Å²) in [5, 5.41) is 5.15. The highest BCUT2D eigenvalue weighted by Gasteiger charge is 2.19. The highest BCUT2D eigenvalue weighted by Crippen LogP contribution is 2.21. The molecule has 8 heteroatoms. The number of rotatable bonds is 5. The predicted molar refractivity (Wildman–Crippen MR) is 93.8 cm³/mol. The van der Waals surface area contributed by atoms with Gasteiger partial charge in [0, 0.05) is 31.3 Å². The van der Waals surface area contributed by atoms with Crippen LogP contribution in [0.5, 0.6) is 0 Å². The minimum atomic E-state index is -0.937. The first-order valence-electron chi connectivity index (χ1n) is 7.67. The molecule has 0 aromatic heterocycles. The van der Waals surface area contributed by atoms with Crippen molar-refractivity contribution in [3.8, 4) is 0 Å². The maximum Gasteiger partial charge on any atom is 0.244 e. The molecule has 0 aliphatic heterocycles. The number of carbonyl (C=O) groups excluding carboxylic acids is 3. The van der Waals surface area contributed by atoms with Crippen molar-refractivity contribution in [1.82, 2.24) is 0 Å². The second-order valence-electron chi connectivity index (χ2n) is 5.51. The standard InChI is InChI=1S/C18H17F2N3O3/c1-11(24)21-14-4-6-15(7-5-14)22-18(26)10-23(12(2)25)17-8-3-13(19)9-16(17)20/h3-9H,10H2,1-2H3,(H,21,24)(H,22,26). The van der Waals surface area contributed by atoms with Crippen molar-refractivity contribution < 1.29 is 23.2 Å². The Morgan fingerprint density at radius 2 is 1.50 bits per heavy atom. The second kappa shape index (κ2) is 8.19. The average molecular weight is 361 g/mol. The lowest BCUT2D eigenvalue weighted by atomic mass is 10.2. The Balaban J connectivity index is 2.08. The first kappa shape index (κ1) is 19.0. The number of halogens is 2. The van der Waals surface area contributed by atoms with Gasteiger partial charge in [-0.1, -0.05) is 0 Å². The fourth-order valence-electron chi connectivity index (χ4n) is 2.25. The second-order valence-corrected chi connectivity index (χ2v) is 5.51. The summed E-state index contributed by atoms with van der Waals surface area (Å²) in [5.74, 6) is -3.06. The summed E-state index contributed by atoms with van der Waals surface area (Å²) in [5.41, 5.74) is 0.816. The largest absolute Gasteiger partial charge is 0.326 e. The molecule has 26 heavy (non-hydrogen) atoms. The fourth-order valence-corrected chi connectivity index (χ4v) is 2.25. The number of nitrogens with one attached hydrogen (secondary N) is 2. The van der Waals surface area contributed by atoms with Gasteiger partial charge in [0.1, 0.15) is 18.2 Å². The smallest absolute Gasteiger partial charge is 0.244 e. The summed E-state index contributed by atoms with van der Waals surface area (Å²) in [7, 11) is 0. The molecule has 2 aromatic rings. The van der Waals surface area contributed by atoms with Gasteiger partial charge in [0.25, 0.3) is 0 Å². The number of hydrogen-bond acceptors (Lipinski definition) is 3. The molecule has 0 saturated carbocycles. The van der Waals surface area contributed by atoms with Crippen LogP contribution in [0.4, 0.5) is 25.8 Å². The molecular formula is C18H17F2N3O3. The van der Waals surface area contributed by atoms with Gasteiger partial charge in [-0.15, -0.1) is 0 Å². The van der Waals surface area contributed by atoms with Gasteiger partial charge in [-0.2, -0.15) is 0 Å². The van der Waals surface area contributed by atoms with Crippen LogP contribution in [0.2, 0.25) is 0 Å². The summed E-state index contributed by atoms with van der Waals surface area (Å²) >= 11 is 0. The molecule has 2 rings (SSSR count). The lowest BCUT2D eigenvalue weighted by Gasteiger charge is -2.21. The molecule has 0 saturated heterocycles. The van der Waals surface area contributed by atoms with Gasteiger partial charge in [0.15, 0.2) is 0 Å². The Kier molecular flexibility index (Phi) is 6.00. The van der Waals surface area contributed by atoms with Crippen LogP contribution in [0.1, 0.15) is 13.8 Å². The van der Waals surface area contributed by atoms with E-state index in [9.17, 15) is 23.2 Å². The molecule has 2 aromatic carbocycles. The van der Waals surface area contributed by atoms with E-state index >= 15 is 0 Å². The Labute approximate surface area is 148 Å². The van der Waals surface area contributed by atoms with Crippen molar-refractivity contribution in [2.75, 3.05) is 22.1 Å². The summed E-state index contributed by atoms with van der Waals surface area (Å²) in [6, 6.07) is 9.08. The molecule has 0 unspecified atom stereocenters. The predicted octanol–water partition coefficient (Wildman–Crippen LogP) is 2.91. The highest BCUT2D eigenvalue weighted by molar-refractivity contribution is 6.02. The summed E-state index contributed by atoms with van der Waals surface area (Å²) < 4.78 is 26.9. The molecule has 136 valence electrons. The zero-order valence-corrected chi connectivity index (χ0v) is 14.2. The molecule has 2 N–H and O–H groups in total. The van der Waals surface area contributed by atoms with Crippen LogP contribution in [-0.2, 0) is 14.4 Å². The Morgan fingerprint density at radius 1 is 0.923 bits per heavy atom. The number of nitrogens with zero attached hydrogens (tertiary/aromatic N) is 1. The van der Waals surface area contributed by atoms with Gasteiger partial charge < -0.3 is 15.5 Å². The van der Waals surface area contributed by atoms with Crippen molar-refractivity contribution in [3.05, 3.63) is 54.1 Å². The zero-order chi connectivity index (χ0) is 19.3. The molecule has 0 spiro atoms. The van der Waals surface area contributed by atoms with Crippen LogP contribution in [0.25, 0.3) is 0 Å². The van der Waals surface area contributed by atoms with Crippen LogP contribution in [0.15, 0.2) is 42.5 Å². The number of carbonyl (C=O) groups is 3. The van der Waals surface area contributed by atoms with Gasteiger partial charge in [0.2, 0.25) is 17.7 Å². The molecule has 0 heterocycles. The molecule has 0 aliphatic rings. The van der Waals surface area contributed by atoms with E-state index in [1.807, 2.05) is 0 Å². The van der Waals surface area contributed by atoms with E-state index < -0.39 is 30.0 Å². The molecule has 0 atom stereocenters. The third-order valence-electron chi connectivity index (χ3n) is 3.37. The van der Waals surface area contributed by atoms with Crippen molar-refractivity contribution >= 4 is 34.8 Å². The lowest BCUT2D eigenvalue weighted by Crippen LogP contribution is -2.37. The van der Waals surface area contributed by atoms with E-state index in [2.05, 4.69) is 10.6 Å². The summed E-state index contributed by atoms with van der Waals surface area (Å²) in [6.45, 7) is 2.12. The van der Waals surface area contributed by atoms with Gasteiger partial charge in [-0.05, 0) is 36.4 Å². The Hall–Kier alpha value is -3.29. The van der Waals surface area contributed by atoms with E-state index in [4.69, 9.17) is 0 Å². The monoisotopic (exact) mass is 361 g/mol. The quantitative estimate of drug-likeness (QED) is 0.860. The number of benzene rings is 2.